The lowest BCUT2D eigenvalue weighted by Crippen LogP contribution is -2.38. The van der Waals surface area contributed by atoms with Crippen LogP contribution in [0.2, 0.25) is 0 Å². The lowest BCUT2D eigenvalue weighted by atomic mass is 10.2. The monoisotopic (exact) mass is 378 g/mol. The molecule has 0 bridgehead atoms. The summed E-state index contributed by atoms with van der Waals surface area (Å²) in [5.74, 6) is 2.29. The number of ether oxygens (including phenoxy) is 1. The van der Waals surface area contributed by atoms with Crippen LogP contribution in [0.1, 0.15) is 18.3 Å². The molecule has 0 saturated heterocycles. The van der Waals surface area contributed by atoms with Crippen LogP contribution in [0, 0.1) is 0 Å². The fourth-order valence-electron chi connectivity index (χ4n) is 2.80. The molecule has 28 heavy (non-hydrogen) atoms. The van der Waals surface area contributed by atoms with E-state index in [4.69, 9.17) is 9.73 Å². The summed E-state index contributed by atoms with van der Waals surface area (Å²) in [5, 5.41) is 3.33. The van der Waals surface area contributed by atoms with Gasteiger partial charge in [-0.25, -0.2) is 15.0 Å². The van der Waals surface area contributed by atoms with E-state index in [0.29, 0.717) is 19.0 Å². The molecule has 7 heteroatoms. The minimum absolute atomic E-state index is 0.541. The molecule has 0 fully saturated rings. The highest BCUT2D eigenvalue weighted by Gasteiger charge is 2.10. The van der Waals surface area contributed by atoms with Crippen LogP contribution in [0.4, 0.5) is 0 Å². The summed E-state index contributed by atoms with van der Waals surface area (Å²) in [4.78, 5) is 18.8. The Labute approximate surface area is 165 Å². The van der Waals surface area contributed by atoms with Crippen LogP contribution in [-0.2, 0) is 13.1 Å². The van der Waals surface area contributed by atoms with E-state index < -0.39 is 0 Å². The number of aliphatic imine (C=N–C) groups is 1. The number of rotatable bonds is 7. The summed E-state index contributed by atoms with van der Waals surface area (Å²) in [6, 6.07) is 14.0. The topological polar surface area (TPSA) is 78.4 Å². The van der Waals surface area contributed by atoms with Gasteiger partial charge in [-0.3, -0.25) is 0 Å². The minimum Gasteiger partial charge on any atom is -0.481 e. The molecule has 0 aliphatic rings. The number of pyridine rings is 1. The molecule has 0 atom stereocenters. The van der Waals surface area contributed by atoms with Gasteiger partial charge in [0.2, 0.25) is 5.88 Å². The molecule has 146 valence electrons. The summed E-state index contributed by atoms with van der Waals surface area (Å²) in [7, 11) is 3.61. The smallest absolute Gasteiger partial charge is 0.213 e. The standard InChI is InChI=1S/C21H26N6O/c1-4-22-21(25-13-16-10-11-23-20(12-16)28-3)27(2)15-19-24-14-18(26-19)17-8-6-5-7-9-17/h5-12,14H,4,13,15H2,1-3H3,(H,22,25)(H,24,26). The second kappa shape index (κ2) is 9.55. The van der Waals surface area contributed by atoms with Gasteiger partial charge >= 0.3 is 0 Å². The average molecular weight is 378 g/mol. The minimum atomic E-state index is 0.541. The Kier molecular flexibility index (Phi) is 6.62. The fourth-order valence-corrected chi connectivity index (χ4v) is 2.80. The molecule has 2 heterocycles. The van der Waals surface area contributed by atoms with Crippen molar-refractivity contribution in [2.24, 2.45) is 4.99 Å². The average Bonchev–Trinajstić information content (AvgIpc) is 3.20. The molecule has 1 aromatic carbocycles. The zero-order valence-corrected chi connectivity index (χ0v) is 16.5. The number of aromatic amines is 1. The molecule has 3 rings (SSSR count). The third kappa shape index (κ3) is 5.09. The van der Waals surface area contributed by atoms with E-state index in [9.17, 15) is 0 Å². The van der Waals surface area contributed by atoms with Gasteiger partial charge in [0, 0.05) is 25.9 Å². The molecule has 0 amide bonds. The molecular weight excluding hydrogens is 352 g/mol. The van der Waals surface area contributed by atoms with Crippen LogP contribution < -0.4 is 10.1 Å². The summed E-state index contributed by atoms with van der Waals surface area (Å²) >= 11 is 0. The highest BCUT2D eigenvalue weighted by Crippen LogP contribution is 2.16. The van der Waals surface area contributed by atoms with Crippen LogP contribution >= 0.6 is 0 Å². The lowest BCUT2D eigenvalue weighted by Gasteiger charge is -2.21. The number of hydrogen-bond acceptors (Lipinski definition) is 4. The largest absolute Gasteiger partial charge is 0.481 e. The van der Waals surface area contributed by atoms with Gasteiger partial charge in [-0.15, -0.1) is 0 Å². The number of benzene rings is 1. The first kappa shape index (κ1) is 19.4. The molecule has 0 saturated carbocycles. The molecule has 0 spiro atoms. The Bertz CT molecular complexity index is 906. The van der Waals surface area contributed by atoms with Crippen LogP contribution in [0.5, 0.6) is 5.88 Å². The van der Waals surface area contributed by atoms with Crippen molar-refractivity contribution in [1.29, 1.82) is 0 Å². The Morgan fingerprint density at radius 1 is 1.21 bits per heavy atom. The van der Waals surface area contributed by atoms with Gasteiger partial charge in [-0.1, -0.05) is 30.3 Å². The van der Waals surface area contributed by atoms with Crippen molar-refractivity contribution < 1.29 is 4.74 Å². The molecule has 7 nitrogen and oxygen atoms in total. The van der Waals surface area contributed by atoms with Gasteiger partial charge < -0.3 is 19.9 Å². The normalized spacial score (nSPS) is 11.3. The van der Waals surface area contributed by atoms with Crippen molar-refractivity contribution in [3.63, 3.8) is 0 Å². The summed E-state index contributed by atoms with van der Waals surface area (Å²) in [6.07, 6.45) is 3.60. The number of H-pyrrole nitrogens is 1. The van der Waals surface area contributed by atoms with Gasteiger partial charge in [0.05, 0.1) is 32.1 Å². The van der Waals surface area contributed by atoms with Crippen molar-refractivity contribution in [1.82, 2.24) is 25.2 Å². The molecule has 0 unspecified atom stereocenters. The Morgan fingerprint density at radius 3 is 2.79 bits per heavy atom. The zero-order valence-electron chi connectivity index (χ0n) is 16.5. The fraction of sp³-hybridized carbons (Fsp3) is 0.286. The van der Waals surface area contributed by atoms with E-state index >= 15 is 0 Å². The van der Waals surface area contributed by atoms with Crippen LogP contribution in [0.25, 0.3) is 11.3 Å². The van der Waals surface area contributed by atoms with Gasteiger partial charge in [0.15, 0.2) is 5.96 Å². The maximum atomic E-state index is 5.18. The molecule has 2 aromatic heterocycles. The first-order chi connectivity index (χ1) is 13.7. The predicted octanol–water partition coefficient (Wildman–Crippen LogP) is 3.08. The quantitative estimate of drug-likeness (QED) is 0.488. The molecule has 0 radical (unpaired) electrons. The number of methoxy groups -OCH3 is 1. The van der Waals surface area contributed by atoms with Crippen molar-refractivity contribution in [2.45, 2.75) is 20.0 Å². The van der Waals surface area contributed by atoms with E-state index in [1.165, 1.54) is 0 Å². The van der Waals surface area contributed by atoms with Gasteiger partial charge in [0.25, 0.3) is 0 Å². The van der Waals surface area contributed by atoms with E-state index in [1.807, 2.05) is 43.6 Å². The van der Waals surface area contributed by atoms with Gasteiger partial charge in [-0.2, -0.15) is 0 Å². The van der Waals surface area contributed by atoms with Gasteiger partial charge in [0.1, 0.15) is 5.82 Å². The number of aromatic nitrogens is 3. The first-order valence-corrected chi connectivity index (χ1v) is 9.27. The zero-order chi connectivity index (χ0) is 19.8. The maximum absolute atomic E-state index is 5.18. The van der Waals surface area contributed by atoms with Crippen LogP contribution in [0.3, 0.4) is 0 Å². The number of nitrogens with one attached hydrogen (secondary N) is 2. The third-order valence-corrected chi connectivity index (χ3v) is 4.22. The maximum Gasteiger partial charge on any atom is 0.213 e. The summed E-state index contributed by atoms with van der Waals surface area (Å²) in [5.41, 5.74) is 3.17. The number of guanidine groups is 1. The van der Waals surface area contributed by atoms with Gasteiger partial charge in [-0.05, 0) is 24.1 Å². The van der Waals surface area contributed by atoms with Crippen molar-refractivity contribution in [2.75, 3.05) is 20.7 Å². The Balaban J connectivity index is 1.69. The SMILES string of the molecule is CCNC(=NCc1ccnc(OC)c1)N(C)Cc1ncc(-c2ccccc2)[nH]1. The Morgan fingerprint density at radius 2 is 2.04 bits per heavy atom. The molecule has 3 aromatic rings. The Hall–Kier alpha value is -3.35. The van der Waals surface area contributed by atoms with E-state index in [1.54, 1.807) is 13.3 Å². The highest BCUT2D eigenvalue weighted by molar-refractivity contribution is 5.79. The second-order valence-corrected chi connectivity index (χ2v) is 6.34. The lowest BCUT2D eigenvalue weighted by molar-refractivity contribution is 0.397. The van der Waals surface area contributed by atoms with E-state index in [0.717, 1.165) is 35.1 Å². The predicted molar refractivity (Wildman–Crippen MR) is 111 cm³/mol. The second-order valence-electron chi connectivity index (χ2n) is 6.34. The first-order valence-electron chi connectivity index (χ1n) is 9.27. The van der Waals surface area contributed by atoms with E-state index in [-0.39, 0.29) is 0 Å². The third-order valence-electron chi connectivity index (χ3n) is 4.22. The van der Waals surface area contributed by atoms with Crippen LogP contribution in [0.15, 0.2) is 59.9 Å². The summed E-state index contributed by atoms with van der Waals surface area (Å²) in [6.45, 7) is 4.01. The van der Waals surface area contributed by atoms with Crippen molar-refractivity contribution >= 4 is 5.96 Å². The van der Waals surface area contributed by atoms with Crippen molar-refractivity contribution in [3.8, 4) is 17.1 Å². The van der Waals surface area contributed by atoms with Crippen LogP contribution in [-0.4, -0.2) is 46.5 Å². The van der Waals surface area contributed by atoms with Crippen molar-refractivity contribution in [3.05, 3.63) is 66.2 Å². The molecular formula is C21H26N6O. The molecule has 0 aliphatic heterocycles. The summed E-state index contributed by atoms with van der Waals surface area (Å²) < 4.78 is 5.18. The number of imidazole rings is 1. The van der Waals surface area contributed by atoms with E-state index in [2.05, 4.69) is 44.2 Å². The molecule has 2 N–H and O–H groups in total. The highest BCUT2D eigenvalue weighted by atomic mass is 16.5. The molecule has 0 aliphatic carbocycles. The number of hydrogen-bond donors (Lipinski definition) is 2. The number of nitrogens with zero attached hydrogens (tertiary/aromatic N) is 4.